The number of hydrogen-bond donors (Lipinski definition) is 1. The highest BCUT2D eigenvalue weighted by Gasteiger charge is 2.12. The van der Waals surface area contributed by atoms with Gasteiger partial charge in [0.15, 0.2) is 9.84 Å². The van der Waals surface area contributed by atoms with Gasteiger partial charge in [0.1, 0.15) is 0 Å². The van der Waals surface area contributed by atoms with Crippen molar-refractivity contribution in [3.05, 3.63) is 0 Å². The van der Waals surface area contributed by atoms with Gasteiger partial charge in [-0.3, -0.25) is 0 Å². The molecule has 0 aliphatic carbocycles. The molecule has 0 aromatic carbocycles. The van der Waals surface area contributed by atoms with E-state index in [2.05, 4.69) is 5.32 Å². The van der Waals surface area contributed by atoms with Gasteiger partial charge < -0.3 is 10.1 Å². The summed E-state index contributed by atoms with van der Waals surface area (Å²) in [5.41, 5.74) is 0. The summed E-state index contributed by atoms with van der Waals surface area (Å²) in [4.78, 5) is 0. The lowest BCUT2D eigenvalue weighted by molar-refractivity contribution is 0.134. The van der Waals surface area contributed by atoms with Gasteiger partial charge in [-0.05, 0) is 25.8 Å². The van der Waals surface area contributed by atoms with E-state index in [0.717, 1.165) is 13.0 Å². The number of sulfone groups is 1. The fourth-order valence-electron chi connectivity index (χ4n) is 1.83. The second-order valence-electron chi connectivity index (χ2n) is 4.28. The Morgan fingerprint density at radius 1 is 1.31 bits per heavy atom. The Kier molecular flexibility index (Phi) is 6.31. The van der Waals surface area contributed by atoms with Crippen LogP contribution in [-0.4, -0.2) is 45.7 Å². The van der Waals surface area contributed by atoms with Gasteiger partial charge >= 0.3 is 0 Å². The molecular weight excluding hydrogens is 226 g/mol. The van der Waals surface area contributed by atoms with Crippen molar-refractivity contribution >= 4 is 9.84 Å². The molecular formula is C11H23NO3S. The van der Waals surface area contributed by atoms with Crippen LogP contribution in [0.4, 0.5) is 0 Å². The number of piperidine rings is 1. The Bertz CT molecular complexity index is 271. The van der Waals surface area contributed by atoms with Crippen molar-refractivity contribution in [1.29, 1.82) is 0 Å². The lowest BCUT2D eigenvalue weighted by atomic mass is 10.0. The molecule has 1 aliphatic heterocycles. The van der Waals surface area contributed by atoms with Crippen LogP contribution in [0.2, 0.25) is 0 Å². The van der Waals surface area contributed by atoms with Crippen molar-refractivity contribution in [2.45, 2.75) is 38.6 Å². The molecule has 1 N–H and O–H groups in total. The molecule has 0 saturated carbocycles. The Hall–Kier alpha value is -0.130. The smallest absolute Gasteiger partial charge is 0.152 e. The van der Waals surface area contributed by atoms with E-state index in [1.165, 1.54) is 19.3 Å². The highest BCUT2D eigenvalue weighted by molar-refractivity contribution is 7.91. The zero-order valence-electron chi connectivity index (χ0n) is 10.1. The summed E-state index contributed by atoms with van der Waals surface area (Å²) in [6, 6.07) is 0.566. The van der Waals surface area contributed by atoms with Crippen molar-refractivity contribution in [3.8, 4) is 0 Å². The molecule has 4 nitrogen and oxygen atoms in total. The van der Waals surface area contributed by atoms with Crippen LogP contribution in [0.15, 0.2) is 0 Å². The molecule has 1 fully saturated rings. The minimum atomic E-state index is -2.87. The van der Waals surface area contributed by atoms with Crippen LogP contribution in [-0.2, 0) is 14.6 Å². The van der Waals surface area contributed by atoms with Gasteiger partial charge in [-0.1, -0.05) is 13.3 Å². The SMILES string of the molecule is CCS(=O)(=O)CCOCCC1CCCCN1. The standard InChI is InChI=1S/C11H23NO3S/c1-2-16(13,14)10-9-15-8-6-11-5-3-4-7-12-11/h11-12H,2-10H2,1H3. The maximum absolute atomic E-state index is 11.2. The molecule has 0 bridgehead atoms. The Morgan fingerprint density at radius 3 is 2.75 bits per heavy atom. The number of hydrogen-bond acceptors (Lipinski definition) is 4. The molecule has 0 spiro atoms. The lowest BCUT2D eigenvalue weighted by Crippen LogP contribution is -2.34. The summed E-state index contributed by atoms with van der Waals surface area (Å²) in [6.07, 6.45) is 4.77. The normalized spacial score (nSPS) is 22.2. The van der Waals surface area contributed by atoms with Crippen molar-refractivity contribution < 1.29 is 13.2 Å². The zero-order chi connectivity index (χ0) is 11.9. The van der Waals surface area contributed by atoms with Crippen molar-refractivity contribution in [3.63, 3.8) is 0 Å². The van der Waals surface area contributed by atoms with Gasteiger partial charge in [0.25, 0.3) is 0 Å². The predicted molar refractivity (Wildman–Crippen MR) is 65.4 cm³/mol. The third-order valence-corrected chi connectivity index (χ3v) is 4.67. The van der Waals surface area contributed by atoms with Gasteiger partial charge in [0.05, 0.1) is 12.4 Å². The predicted octanol–water partition coefficient (Wildman–Crippen LogP) is 0.970. The Morgan fingerprint density at radius 2 is 2.12 bits per heavy atom. The van der Waals surface area contributed by atoms with Crippen LogP contribution in [0.25, 0.3) is 0 Å². The maximum Gasteiger partial charge on any atom is 0.152 e. The minimum absolute atomic E-state index is 0.154. The third-order valence-electron chi connectivity index (χ3n) is 3.00. The monoisotopic (exact) mass is 249 g/mol. The van der Waals surface area contributed by atoms with Crippen LogP contribution in [0.3, 0.4) is 0 Å². The molecule has 1 saturated heterocycles. The number of nitrogens with one attached hydrogen (secondary N) is 1. The molecule has 5 heteroatoms. The second-order valence-corrected chi connectivity index (χ2v) is 6.76. The van der Waals surface area contributed by atoms with E-state index in [1.807, 2.05) is 0 Å². The summed E-state index contributed by atoms with van der Waals surface area (Å²) >= 11 is 0. The topological polar surface area (TPSA) is 55.4 Å². The van der Waals surface area contributed by atoms with Crippen LogP contribution in [0.1, 0.15) is 32.6 Å². The van der Waals surface area contributed by atoms with Gasteiger partial charge in [0, 0.05) is 18.4 Å². The fourth-order valence-corrected chi connectivity index (χ4v) is 2.49. The highest BCUT2D eigenvalue weighted by Crippen LogP contribution is 2.09. The maximum atomic E-state index is 11.2. The van der Waals surface area contributed by atoms with E-state index in [9.17, 15) is 8.42 Å². The van der Waals surface area contributed by atoms with Crippen LogP contribution >= 0.6 is 0 Å². The first-order valence-corrected chi connectivity index (χ1v) is 7.98. The summed E-state index contributed by atoms with van der Waals surface area (Å²) in [6.45, 7) is 3.77. The van der Waals surface area contributed by atoms with Gasteiger partial charge in [-0.15, -0.1) is 0 Å². The Balaban J connectivity index is 1.99. The molecule has 1 unspecified atom stereocenters. The molecule has 0 aromatic heterocycles. The summed E-state index contributed by atoms with van der Waals surface area (Å²) in [7, 11) is -2.87. The Labute approximate surface area is 98.7 Å². The number of ether oxygens (including phenoxy) is 1. The van der Waals surface area contributed by atoms with Gasteiger partial charge in [-0.25, -0.2) is 8.42 Å². The van der Waals surface area contributed by atoms with Crippen LogP contribution in [0, 0.1) is 0 Å². The second kappa shape index (κ2) is 7.25. The van der Waals surface area contributed by atoms with Crippen molar-refractivity contribution in [1.82, 2.24) is 5.32 Å². The van der Waals surface area contributed by atoms with Crippen molar-refractivity contribution in [2.75, 3.05) is 31.3 Å². The van der Waals surface area contributed by atoms with E-state index >= 15 is 0 Å². The average Bonchev–Trinajstić information content (AvgIpc) is 2.30. The summed E-state index contributed by atoms with van der Waals surface area (Å²) < 4.78 is 27.7. The largest absolute Gasteiger partial charge is 0.380 e. The van der Waals surface area contributed by atoms with E-state index in [4.69, 9.17) is 4.74 Å². The first-order valence-electron chi connectivity index (χ1n) is 6.15. The molecule has 1 atom stereocenters. The first kappa shape index (κ1) is 13.9. The molecule has 0 aromatic rings. The van der Waals surface area contributed by atoms with Crippen LogP contribution < -0.4 is 5.32 Å². The van der Waals surface area contributed by atoms with Crippen molar-refractivity contribution in [2.24, 2.45) is 0 Å². The van der Waals surface area contributed by atoms with Crippen LogP contribution in [0.5, 0.6) is 0 Å². The van der Waals surface area contributed by atoms with E-state index in [-0.39, 0.29) is 11.5 Å². The van der Waals surface area contributed by atoms with Gasteiger partial charge in [-0.2, -0.15) is 0 Å². The molecule has 0 radical (unpaired) electrons. The average molecular weight is 249 g/mol. The quantitative estimate of drug-likeness (QED) is 0.683. The molecule has 16 heavy (non-hydrogen) atoms. The fraction of sp³-hybridized carbons (Fsp3) is 1.00. The van der Waals surface area contributed by atoms with E-state index in [0.29, 0.717) is 19.3 Å². The minimum Gasteiger partial charge on any atom is -0.380 e. The zero-order valence-corrected chi connectivity index (χ0v) is 10.9. The molecule has 96 valence electrons. The third kappa shape index (κ3) is 5.82. The molecule has 0 amide bonds. The van der Waals surface area contributed by atoms with Gasteiger partial charge in [0.2, 0.25) is 0 Å². The van der Waals surface area contributed by atoms with E-state index < -0.39 is 9.84 Å². The summed E-state index contributed by atoms with van der Waals surface area (Å²) in [5.74, 6) is 0.363. The first-order chi connectivity index (χ1) is 7.64. The lowest BCUT2D eigenvalue weighted by Gasteiger charge is -2.23. The summed E-state index contributed by atoms with van der Waals surface area (Å²) in [5, 5.41) is 3.44. The molecule has 1 rings (SSSR count). The number of rotatable bonds is 7. The molecule has 1 aliphatic rings. The molecule has 1 heterocycles. The highest BCUT2D eigenvalue weighted by atomic mass is 32.2. The van der Waals surface area contributed by atoms with E-state index in [1.54, 1.807) is 6.92 Å².